The number of hydrogen-bond acceptors (Lipinski definition) is 5. The molecule has 1 fully saturated rings. The number of hydrogen-bond donors (Lipinski definition) is 2. The summed E-state index contributed by atoms with van der Waals surface area (Å²) >= 11 is 0. The fraction of sp³-hybridized carbons (Fsp3) is 0.0769. The zero-order valence-electron chi connectivity index (χ0n) is 18.1. The molecule has 8 heteroatoms. The van der Waals surface area contributed by atoms with Gasteiger partial charge in [0.15, 0.2) is 0 Å². The molecular weight excluding hydrogens is 436 g/mol. The SMILES string of the molecule is Cc1ccccc1N1C(=O)NC(=O)C(=Cc2ccc(OCc3cccc(C(=O)O)c3)cc2)C1=O. The van der Waals surface area contributed by atoms with E-state index >= 15 is 0 Å². The van der Waals surface area contributed by atoms with Crippen LogP contribution in [0.4, 0.5) is 10.5 Å². The third-order valence-corrected chi connectivity index (χ3v) is 5.23. The van der Waals surface area contributed by atoms with Crippen LogP contribution in [0.25, 0.3) is 6.08 Å². The molecule has 1 saturated heterocycles. The molecule has 170 valence electrons. The third-order valence-electron chi connectivity index (χ3n) is 5.23. The molecule has 1 heterocycles. The Labute approximate surface area is 195 Å². The summed E-state index contributed by atoms with van der Waals surface area (Å²) in [5.74, 6) is -1.96. The van der Waals surface area contributed by atoms with E-state index in [4.69, 9.17) is 9.84 Å². The molecule has 1 aliphatic heterocycles. The number of nitrogens with one attached hydrogen (secondary N) is 1. The summed E-state index contributed by atoms with van der Waals surface area (Å²) < 4.78 is 5.70. The lowest BCUT2D eigenvalue weighted by atomic mass is 10.1. The smallest absolute Gasteiger partial charge is 0.335 e. The molecule has 2 N–H and O–H groups in total. The van der Waals surface area contributed by atoms with Gasteiger partial charge in [-0.2, -0.15) is 0 Å². The highest BCUT2D eigenvalue weighted by Gasteiger charge is 2.37. The van der Waals surface area contributed by atoms with Gasteiger partial charge in [0.1, 0.15) is 17.9 Å². The van der Waals surface area contributed by atoms with Crippen LogP contribution in [0.5, 0.6) is 5.75 Å². The fourth-order valence-electron chi connectivity index (χ4n) is 3.48. The van der Waals surface area contributed by atoms with Crippen LogP contribution in [0, 0.1) is 6.92 Å². The first-order chi connectivity index (χ1) is 16.3. The second kappa shape index (κ2) is 9.41. The predicted octanol–water partition coefficient (Wildman–Crippen LogP) is 3.94. The Balaban J connectivity index is 1.51. The number of anilines is 1. The van der Waals surface area contributed by atoms with E-state index in [-0.39, 0.29) is 17.7 Å². The van der Waals surface area contributed by atoms with Gasteiger partial charge in [-0.1, -0.05) is 42.5 Å². The molecule has 0 aliphatic carbocycles. The highest BCUT2D eigenvalue weighted by atomic mass is 16.5. The fourth-order valence-corrected chi connectivity index (χ4v) is 3.48. The lowest BCUT2D eigenvalue weighted by Gasteiger charge is -2.27. The number of carbonyl (C=O) groups is 4. The molecule has 8 nitrogen and oxygen atoms in total. The van der Waals surface area contributed by atoms with E-state index < -0.39 is 23.8 Å². The first-order valence-electron chi connectivity index (χ1n) is 10.4. The number of aryl methyl sites for hydroxylation is 1. The van der Waals surface area contributed by atoms with Gasteiger partial charge in [0.25, 0.3) is 11.8 Å². The summed E-state index contributed by atoms with van der Waals surface area (Å²) in [7, 11) is 0. The number of carboxylic acid groups (broad SMARTS) is 1. The van der Waals surface area contributed by atoms with Crippen molar-refractivity contribution < 1.29 is 29.0 Å². The lowest BCUT2D eigenvalue weighted by Crippen LogP contribution is -2.54. The second-order valence-electron chi connectivity index (χ2n) is 7.61. The molecular formula is C26H20N2O6. The van der Waals surface area contributed by atoms with Crippen molar-refractivity contribution in [2.75, 3.05) is 4.90 Å². The maximum Gasteiger partial charge on any atom is 0.335 e. The Bertz CT molecular complexity index is 1330. The Morgan fingerprint density at radius 2 is 1.74 bits per heavy atom. The molecule has 0 bridgehead atoms. The quantitative estimate of drug-likeness (QED) is 0.429. The maximum absolute atomic E-state index is 13.0. The summed E-state index contributed by atoms with van der Waals surface area (Å²) in [6.07, 6.45) is 1.41. The normalized spacial score (nSPS) is 14.8. The first-order valence-corrected chi connectivity index (χ1v) is 10.4. The number of nitrogens with zero attached hydrogens (tertiary/aromatic N) is 1. The minimum absolute atomic E-state index is 0.165. The Kier molecular flexibility index (Phi) is 6.22. The van der Waals surface area contributed by atoms with Crippen molar-refractivity contribution in [1.29, 1.82) is 0 Å². The third kappa shape index (κ3) is 4.71. The van der Waals surface area contributed by atoms with Crippen molar-refractivity contribution in [2.24, 2.45) is 0 Å². The van der Waals surface area contributed by atoms with E-state index in [9.17, 15) is 19.2 Å². The number of carbonyl (C=O) groups excluding carboxylic acids is 3. The Morgan fingerprint density at radius 1 is 1.00 bits per heavy atom. The monoisotopic (exact) mass is 456 g/mol. The van der Waals surface area contributed by atoms with Gasteiger partial charge in [-0.05, 0) is 60.0 Å². The highest BCUT2D eigenvalue weighted by molar-refractivity contribution is 6.39. The number of para-hydroxylation sites is 1. The number of urea groups is 1. The first kappa shape index (κ1) is 22.5. The number of rotatable bonds is 6. The molecule has 0 saturated carbocycles. The molecule has 4 rings (SSSR count). The van der Waals surface area contributed by atoms with Gasteiger partial charge in [0.05, 0.1) is 11.3 Å². The van der Waals surface area contributed by atoms with Crippen LogP contribution in [0.15, 0.2) is 78.4 Å². The Morgan fingerprint density at radius 3 is 2.44 bits per heavy atom. The van der Waals surface area contributed by atoms with E-state index in [0.717, 1.165) is 10.5 Å². The van der Waals surface area contributed by atoms with Crippen LogP contribution in [-0.2, 0) is 16.2 Å². The Hall–Kier alpha value is -4.72. The van der Waals surface area contributed by atoms with Crippen molar-refractivity contribution in [1.82, 2.24) is 5.32 Å². The van der Waals surface area contributed by atoms with Crippen molar-refractivity contribution in [3.8, 4) is 5.75 Å². The van der Waals surface area contributed by atoms with E-state index in [1.54, 1.807) is 67.6 Å². The lowest BCUT2D eigenvalue weighted by molar-refractivity contribution is -0.122. The maximum atomic E-state index is 13.0. The number of aromatic carboxylic acids is 1. The van der Waals surface area contributed by atoms with Crippen LogP contribution in [-0.4, -0.2) is 28.9 Å². The van der Waals surface area contributed by atoms with Gasteiger partial charge in [-0.3, -0.25) is 14.9 Å². The molecule has 4 amide bonds. The minimum atomic E-state index is -1.01. The van der Waals surface area contributed by atoms with Crippen molar-refractivity contribution in [2.45, 2.75) is 13.5 Å². The minimum Gasteiger partial charge on any atom is -0.489 e. The molecule has 0 radical (unpaired) electrons. The number of benzene rings is 3. The molecule has 34 heavy (non-hydrogen) atoms. The molecule has 3 aromatic carbocycles. The summed E-state index contributed by atoms with van der Waals surface area (Å²) in [5.41, 5.74) is 2.40. The van der Waals surface area contributed by atoms with Crippen LogP contribution in [0.1, 0.15) is 27.0 Å². The summed E-state index contributed by atoms with van der Waals surface area (Å²) in [5, 5.41) is 11.3. The topological polar surface area (TPSA) is 113 Å². The molecule has 0 spiro atoms. The van der Waals surface area contributed by atoms with Gasteiger partial charge in [-0.25, -0.2) is 14.5 Å². The van der Waals surface area contributed by atoms with Crippen LogP contribution in [0.2, 0.25) is 0 Å². The van der Waals surface area contributed by atoms with Crippen LogP contribution < -0.4 is 15.0 Å². The molecule has 1 aliphatic rings. The standard InChI is InChI=1S/C26H20N2O6/c1-16-5-2-3-8-22(16)28-24(30)21(23(29)27-26(28)33)14-17-9-11-20(12-10-17)34-15-18-6-4-7-19(13-18)25(31)32/h2-14H,15H2,1H3,(H,31,32)(H,27,29,33). The van der Waals surface area contributed by atoms with Gasteiger partial charge in [-0.15, -0.1) is 0 Å². The summed E-state index contributed by atoms with van der Waals surface area (Å²) in [6, 6.07) is 19.2. The summed E-state index contributed by atoms with van der Waals surface area (Å²) in [4.78, 5) is 49.8. The van der Waals surface area contributed by atoms with Gasteiger partial charge < -0.3 is 9.84 Å². The number of barbiturate groups is 1. The van der Waals surface area contributed by atoms with Gasteiger partial charge >= 0.3 is 12.0 Å². The predicted molar refractivity (Wildman–Crippen MR) is 124 cm³/mol. The number of amides is 4. The van der Waals surface area contributed by atoms with Crippen molar-refractivity contribution in [3.05, 3.63) is 101 Å². The number of ether oxygens (including phenoxy) is 1. The average molecular weight is 456 g/mol. The van der Waals surface area contributed by atoms with Crippen LogP contribution in [0.3, 0.4) is 0 Å². The van der Waals surface area contributed by atoms with E-state index in [1.807, 2.05) is 0 Å². The zero-order chi connectivity index (χ0) is 24.2. The molecule has 0 atom stereocenters. The van der Waals surface area contributed by atoms with Gasteiger partial charge in [0, 0.05) is 0 Å². The molecule has 3 aromatic rings. The molecule has 0 unspecified atom stereocenters. The zero-order valence-corrected chi connectivity index (χ0v) is 18.1. The largest absolute Gasteiger partial charge is 0.489 e. The van der Waals surface area contributed by atoms with Gasteiger partial charge in [0.2, 0.25) is 0 Å². The van der Waals surface area contributed by atoms with Crippen LogP contribution >= 0.6 is 0 Å². The van der Waals surface area contributed by atoms with E-state index in [2.05, 4.69) is 5.32 Å². The van der Waals surface area contributed by atoms with Crippen molar-refractivity contribution >= 4 is 35.6 Å². The van der Waals surface area contributed by atoms with E-state index in [1.165, 1.54) is 18.2 Å². The second-order valence-corrected chi connectivity index (χ2v) is 7.61. The highest BCUT2D eigenvalue weighted by Crippen LogP contribution is 2.25. The number of carboxylic acids is 1. The average Bonchev–Trinajstić information content (AvgIpc) is 2.82. The number of imide groups is 2. The summed E-state index contributed by atoms with van der Waals surface area (Å²) in [6.45, 7) is 1.95. The molecule has 0 aromatic heterocycles. The van der Waals surface area contributed by atoms with Crippen molar-refractivity contribution in [3.63, 3.8) is 0 Å². The van der Waals surface area contributed by atoms with E-state index in [0.29, 0.717) is 22.6 Å².